The molecule has 1 aromatic heterocycles. The highest BCUT2D eigenvalue weighted by Crippen LogP contribution is 2.02. The molecule has 0 atom stereocenters. The summed E-state index contributed by atoms with van der Waals surface area (Å²) < 4.78 is 0. The maximum Gasteiger partial charge on any atom is 0.222 e. The highest BCUT2D eigenvalue weighted by Gasteiger charge is 1.97. The predicted molar refractivity (Wildman–Crippen MR) is 81.3 cm³/mol. The number of unbranched alkanes of at least 4 members (excludes halogenated alkanes) is 4. The number of hydrogen-bond donors (Lipinski definition) is 2. The van der Waals surface area contributed by atoms with Gasteiger partial charge in [0.15, 0.2) is 0 Å². The Kier molecular flexibility index (Phi) is 8.98. The molecule has 1 rings (SSSR count). The summed E-state index contributed by atoms with van der Waals surface area (Å²) >= 11 is 0. The van der Waals surface area contributed by atoms with E-state index in [2.05, 4.69) is 34.4 Å². The van der Waals surface area contributed by atoms with Crippen molar-refractivity contribution in [3.63, 3.8) is 0 Å². The van der Waals surface area contributed by atoms with Crippen LogP contribution in [-0.4, -0.2) is 23.1 Å². The third-order valence-electron chi connectivity index (χ3n) is 3.02. The predicted octanol–water partition coefficient (Wildman–Crippen LogP) is 3.36. The van der Waals surface area contributed by atoms with Crippen LogP contribution in [0.5, 0.6) is 0 Å². The molecule has 4 heteroatoms. The minimum Gasteiger partial charge on any atom is -0.354 e. The maximum atomic E-state index is 4.29. The van der Waals surface area contributed by atoms with Gasteiger partial charge in [0.2, 0.25) is 5.95 Å². The molecule has 108 valence electrons. The molecule has 0 amide bonds. The standard InChI is InChI=1S/C15H28N4/c1-3-5-6-7-8-10-16-11-14-12-18-15(19-13-14)17-9-4-2/h12-13,16H,3-11H2,1-2H3,(H,17,18,19). The van der Waals surface area contributed by atoms with Crippen LogP contribution in [-0.2, 0) is 6.54 Å². The topological polar surface area (TPSA) is 49.8 Å². The van der Waals surface area contributed by atoms with Gasteiger partial charge in [-0.3, -0.25) is 0 Å². The molecular formula is C15H28N4. The fourth-order valence-corrected chi connectivity index (χ4v) is 1.86. The van der Waals surface area contributed by atoms with Gasteiger partial charge in [-0.15, -0.1) is 0 Å². The number of aromatic nitrogens is 2. The first-order valence-corrected chi connectivity index (χ1v) is 7.62. The quantitative estimate of drug-likeness (QED) is 0.602. The second kappa shape index (κ2) is 10.7. The van der Waals surface area contributed by atoms with Crippen molar-refractivity contribution in [1.29, 1.82) is 0 Å². The zero-order valence-electron chi connectivity index (χ0n) is 12.4. The van der Waals surface area contributed by atoms with Crippen LogP contribution in [0.15, 0.2) is 12.4 Å². The lowest BCUT2D eigenvalue weighted by Gasteiger charge is -2.06. The number of anilines is 1. The summed E-state index contributed by atoms with van der Waals surface area (Å²) in [6, 6.07) is 0. The average molecular weight is 264 g/mol. The van der Waals surface area contributed by atoms with Crippen LogP contribution in [0.25, 0.3) is 0 Å². The van der Waals surface area contributed by atoms with Crippen molar-refractivity contribution in [3.05, 3.63) is 18.0 Å². The van der Waals surface area contributed by atoms with E-state index >= 15 is 0 Å². The largest absolute Gasteiger partial charge is 0.354 e. The lowest BCUT2D eigenvalue weighted by atomic mass is 10.1. The van der Waals surface area contributed by atoms with Gasteiger partial charge in [-0.05, 0) is 19.4 Å². The van der Waals surface area contributed by atoms with Gasteiger partial charge in [0.1, 0.15) is 0 Å². The SMILES string of the molecule is CCCCCCCNCc1cnc(NCCC)nc1. The lowest BCUT2D eigenvalue weighted by molar-refractivity contribution is 0.582. The van der Waals surface area contributed by atoms with Gasteiger partial charge in [-0.25, -0.2) is 9.97 Å². The van der Waals surface area contributed by atoms with E-state index in [1.807, 2.05) is 12.4 Å². The van der Waals surface area contributed by atoms with E-state index in [0.717, 1.165) is 37.6 Å². The summed E-state index contributed by atoms with van der Waals surface area (Å²) in [5.41, 5.74) is 1.15. The summed E-state index contributed by atoms with van der Waals surface area (Å²) in [4.78, 5) is 8.59. The Morgan fingerprint density at radius 2 is 1.63 bits per heavy atom. The Hall–Kier alpha value is -1.16. The summed E-state index contributed by atoms with van der Waals surface area (Å²) in [6.45, 7) is 7.25. The molecular weight excluding hydrogens is 236 g/mol. The Bertz CT molecular complexity index is 310. The first-order valence-electron chi connectivity index (χ1n) is 7.62. The molecule has 0 aliphatic rings. The third-order valence-corrected chi connectivity index (χ3v) is 3.02. The molecule has 0 saturated carbocycles. The van der Waals surface area contributed by atoms with E-state index in [9.17, 15) is 0 Å². The van der Waals surface area contributed by atoms with Gasteiger partial charge in [0.25, 0.3) is 0 Å². The minimum atomic E-state index is 0.727. The molecule has 0 unspecified atom stereocenters. The number of rotatable bonds is 11. The molecule has 0 aromatic carbocycles. The van der Waals surface area contributed by atoms with Crippen LogP contribution in [0, 0.1) is 0 Å². The van der Waals surface area contributed by atoms with Gasteiger partial charge in [-0.1, -0.05) is 39.5 Å². The van der Waals surface area contributed by atoms with E-state index < -0.39 is 0 Å². The van der Waals surface area contributed by atoms with Crippen LogP contribution in [0.1, 0.15) is 57.9 Å². The van der Waals surface area contributed by atoms with Crippen molar-refractivity contribution in [1.82, 2.24) is 15.3 Å². The van der Waals surface area contributed by atoms with Crippen molar-refractivity contribution in [2.45, 2.75) is 58.9 Å². The van der Waals surface area contributed by atoms with Gasteiger partial charge in [0, 0.05) is 31.0 Å². The third kappa shape index (κ3) is 7.78. The lowest BCUT2D eigenvalue weighted by Crippen LogP contribution is -2.15. The van der Waals surface area contributed by atoms with Crippen molar-refractivity contribution in [2.75, 3.05) is 18.4 Å². The van der Waals surface area contributed by atoms with Crippen molar-refractivity contribution in [3.8, 4) is 0 Å². The number of hydrogen-bond acceptors (Lipinski definition) is 4. The van der Waals surface area contributed by atoms with Crippen LogP contribution >= 0.6 is 0 Å². The number of nitrogens with zero attached hydrogens (tertiary/aromatic N) is 2. The molecule has 0 spiro atoms. The summed E-state index contributed by atoms with van der Waals surface area (Å²) in [5, 5.41) is 6.62. The van der Waals surface area contributed by atoms with Crippen LogP contribution < -0.4 is 10.6 Å². The Morgan fingerprint density at radius 3 is 2.32 bits per heavy atom. The maximum absolute atomic E-state index is 4.29. The summed E-state index contributed by atoms with van der Waals surface area (Å²) in [5.74, 6) is 0.727. The molecule has 2 N–H and O–H groups in total. The van der Waals surface area contributed by atoms with E-state index in [-0.39, 0.29) is 0 Å². The smallest absolute Gasteiger partial charge is 0.222 e. The van der Waals surface area contributed by atoms with E-state index in [1.165, 1.54) is 32.1 Å². The van der Waals surface area contributed by atoms with Crippen molar-refractivity contribution >= 4 is 5.95 Å². The molecule has 0 fully saturated rings. The summed E-state index contributed by atoms with van der Waals surface area (Å²) in [7, 11) is 0. The first-order chi connectivity index (χ1) is 9.36. The highest BCUT2D eigenvalue weighted by atomic mass is 15.1. The van der Waals surface area contributed by atoms with Gasteiger partial charge < -0.3 is 10.6 Å². The number of nitrogens with one attached hydrogen (secondary N) is 2. The molecule has 0 aliphatic heterocycles. The van der Waals surface area contributed by atoms with Crippen LogP contribution in [0.3, 0.4) is 0 Å². The zero-order valence-corrected chi connectivity index (χ0v) is 12.4. The minimum absolute atomic E-state index is 0.727. The van der Waals surface area contributed by atoms with E-state index in [0.29, 0.717) is 0 Å². The highest BCUT2D eigenvalue weighted by molar-refractivity contribution is 5.24. The first kappa shape index (κ1) is 15.9. The van der Waals surface area contributed by atoms with Crippen molar-refractivity contribution in [2.24, 2.45) is 0 Å². The fourth-order valence-electron chi connectivity index (χ4n) is 1.86. The molecule has 0 radical (unpaired) electrons. The Labute approximate surface area is 117 Å². The van der Waals surface area contributed by atoms with E-state index in [4.69, 9.17) is 0 Å². The fraction of sp³-hybridized carbons (Fsp3) is 0.733. The van der Waals surface area contributed by atoms with E-state index in [1.54, 1.807) is 0 Å². The molecule has 0 bridgehead atoms. The monoisotopic (exact) mass is 264 g/mol. The molecule has 4 nitrogen and oxygen atoms in total. The summed E-state index contributed by atoms with van der Waals surface area (Å²) in [6.07, 6.45) is 11.5. The van der Waals surface area contributed by atoms with Gasteiger partial charge in [-0.2, -0.15) is 0 Å². The second-order valence-electron chi connectivity index (χ2n) is 4.93. The molecule has 0 aliphatic carbocycles. The van der Waals surface area contributed by atoms with Crippen molar-refractivity contribution < 1.29 is 0 Å². The zero-order chi connectivity index (χ0) is 13.8. The Balaban J connectivity index is 2.09. The average Bonchev–Trinajstić information content (AvgIpc) is 2.45. The van der Waals surface area contributed by atoms with Crippen LogP contribution in [0.2, 0.25) is 0 Å². The van der Waals surface area contributed by atoms with Gasteiger partial charge >= 0.3 is 0 Å². The molecule has 1 heterocycles. The normalized spacial score (nSPS) is 10.6. The van der Waals surface area contributed by atoms with Gasteiger partial charge in [0.05, 0.1) is 0 Å². The molecule has 19 heavy (non-hydrogen) atoms. The Morgan fingerprint density at radius 1 is 0.895 bits per heavy atom. The van der Waals surface area contributed by atoms with Crippen LogP contribution in [0.4, 0.5) is 5.95 Å². The molecule has 0 saturated heterocycles. The molecule has 1 aromatic rings. The second-order valence-corrected chi connectivity index (χ2v) is 4.93.